The second-order valence-electron chi connectivity index (χ2n) is 7.63. The van der Waals surface area contributed by atoms with Crippen molar-refractivity contribution in [3.8, 4) is 11.3 Å². The van der Waals surface area contributed by atoms with Crippen LogP contribution in [-0.2, 0) is 0 Å². The van der Waals surface area contributed by atoms with Crippen molar-refractivity contribution in [1.29, 1.82) is 0 Å². The average Bonchev–Trinajstić information content (AvgIpc) is 2.61. The monoisotopic (exact) mass is 356 g/mol. The fourth-order valence-corrected chi connectivity index (χ4v) is 3.58. The average molecular weight is 356 g/mol. The van der Waals surface area contributed by atoms with Gasteiger partial charge in [-0.3, -0.25) is 9.78 Å². The van der Waals surface area contributed by atoms with Gasteiger partial charge in [0.05, 0.1) is 16.9 Å². The van der Waals surface area contributed by atoms with Crippen LogP contribution in [0.5, 0.6) is 0 Å². The molecule has 1 amide bonds. The van der Waals surface area contributed by atoms with Crippen LogP contribution in [0.1, 0.15) is 49.9 Å². The molecule has 0 radical (unpaired) electrons. The molecule has 3 rings (SSSR count). The SMILES string of the molecule is CC(C)(O)[C@@H]1CCC[C@H](NC(=O)c2ccc(-c3cccc(F)c3)nc2)C1. The van der Waals surface area contributed by atoms with E-state index in [9.17, 15) is 14.3 Å². The van der Waals surface area contributed by atoms with Crippen LogP contribution in [0.4, 0.5) is 4.39 Å². The minimum Gasteiger partial charge on any atom is -0.390 e. The number of aliphatic hydroxyl groups is 1. The van der Waals surface area contributed by atoms with E-state index in [4.69, 9.17) is 0 Å². The fraction of sp³-hybridized carbons (Fsp3) is 0.429. The normalized spacial score (nSPS) is 20.6. The number of aromatic nitrogens is 1. The van der Waals surface area contributed by atoms with Crippen LogP contribution in [0, 0.1) is 11.7 Å². The van der Waals surface area contributed by atoms with Gasteiger partial charge in [0.2, 0.25) is 0 Å². The Morgan fingerprint density at radius 1 is 1.27 bits per heavy atom. The third kappa shape index (κ3) is 4.47. The van der Waals surface area contributed by atoms with Gasteiger partial charge in [-0.25, -0.2) is 4.39 Å². The molecule has 5 heteroatoms. The van der Waals surface area contributed by atoms with Gasteiger partial charge in [-0.15, -0.1) is 0 Å². The predicted molar refractivity (Wildman–Crippen MR) is 99.1 cm³/mol. The summed E-state index contributed by atoms with van der Waals surface area (Å²) in [7, 11) is 0. The number of nitrogens with one attached hydrogen (secondary N) is 1. The lowest BCUT2D eigenvalue weighted by Crippen LogP contribution is -2.43. The van der Waals surface area contributed by atoms with E-state index in [-0.39, 0.29) is 23.7 Å². The van der Waals surface area contributed by atoms with E-state index in [1.54, 1.807) is 24.3 Å². The van der Waals surface area contributed by atoms with Crippen LogP contribution in [-0.4, -0.2) is 27.6 Å². The van der Waals surface area contributed by atoms with E-state index >= 15 is 0 Å². The molecule has 1 aromatic heterocycles. The topological polar surface area (TPSA) is 62.2 Å². The summed E-state index contributed by atoms with van der Waals surface area (Å²) < 4.78 is 13.3. The van der Waals surface area contributed by atoms with Crippen molar-refractivity contribution in [2.45, 2.75) is 51.2 Å². The highest BCUT2D eigenvalue weighted by molar-refractivity contribution is 5.94. The Bertz CT molecular complexity index is 768. The predicted octanol–water partition coefficient (Wildman–Crippen LogP) is 3.95. The molecule has 1 heterocycles. The van der Waals surface area contributed by atoms with Crippen molar-refractivity contribution in [3.63, 3.8) is 0 Å². The third-order valence-corrected chi connectivity index (χ3v) is 5.15. The van der Waals surface area contributed by atoms with E-state index in [1.165, 1.54) is 18.3 Å². The van der Waals surface area contributed by atoms with Gasteiger partial charge in [0.15, 0.2) is 0 Å². The Balaban J connectivity index is 1.65. The fourth-order valence-electron chi connectivity index (χ4n) is 3.58. The number of carbonyl (C=O) groups excluding carboxylic acids is 1. The van der Waals surface area contributed by atoms with Gasteiger partial charge < -0.3 is 10.4 Å². The number of pyridine rings is 1. The molecule has 1 aromatic carbocycles. The summed E-state index contributed by atoms with van der Waals surface area (Å²) in [4.78, 5) is 16.8. The van der Waals surface area contributed by atoms with Gasteiger partial charge in [0.1, 0.15) is 5.82 Å². The second kappa shape index (κ2) is 7.54. The number of carbonyl (C=O) groups is 1. The van der Waals surface area contributed by atoms with Gasteiger partial charge in [-0.2, -0.15) is 0 Å². The first-order valence-electron chi connectivity index (χ1n) is 9.08. The molecule has 4 nitrogen and oxygen atoms in total. The summed E-state index contributed by atoms with van der Waals surface area (Å²) in [6.07, 6.45) is 5.21. The maximum atomic E-state index is 13.3. The molecule has 138 valence electrons. The van der Waals surface area contributed by atoms with Gasteiger partial charge >= 0.3 is 0 Å². The van der Waals surface area contributed by atoms with E-state index in [1.807, 2.05) is 13.8 Å². The van der Waals surface area contributed by atoms with E-state index in [0.717, 1.165) is 25.7 Å². The minimum absolute atomic E-state index is 0.0653. The molecule has 1 saturated carbocycles. The van der Waals surface area contributed by atoms with Crippen molar-refractivity contribution >= 4 is 5.91 Å². The van der Waals surface area contributed by atoms with E-state index in [2.05, 4.69) is 10.3 Å². The first-order chi connectivity index (χ1) is 12.3. The summed E-state index contributed by atoms with van der Waals surface area (Å²) in [5, 5.41) is 13.3. The molecule has 2 aromatic rings. The molecule has 26 heavy (non-hydrogen) atoms. The number of hydrogen-bond donors (Lipinski definition) is 2. The molecule has 1 fully saturated rings. The summed E-state index contributed by atoms with van der Waals surface area (Å²) in [6, 6.07) is 9.72. The number of halogens is 1. The minimum atomic E-state index is -0.725. The molecular formula is C21H25FN2O2. The second-order valence-corrected chi connectivity index (χ2v) is 7.63. The summed E-state index contributed by atoms with van der Waals surface area (Å²) in [5.41, 5.74) is 1.06. The molecule has 0 spiro atoms. The van der Waals surface area contributed by atoms with Gasteiger partial charge in [0.25, 0.3) is 5.91 Å². The molecule has 0 aliphatic heterocycles. The zero-order chi connectivity index (χ0) is 18.7. The highest BCUT2D eigenvalue weighted by atomic mass is 19.1. The first-order valence-corrected chi connectivity index (χ1v) is 9.08. The van der Waals surface area contributed by atoms with Crippen LogP contribution >= 0.6 is 0 Å². The number of nitrogens with zero attached hydrogens (tertiary/aromatic N) is 1. The number of amides is 1. The summed E-state index contributed by atoms with van der Waals surface area (Å²) >= 11 is 0. The van der Waals surface area contributed by atoms with Crippen LogP contribution in [0.15, 0.2) is 42.6 Å². The van der Waals surface area contributed by atoms with Crippen molar-refractivity contribution < 1.29 is 14.3 Å². The summed E-state index contributed by atoms with van der Waals surface area (Å²) in [5.74, 6) is -0.288. The quantitative estimate of drug-likeness (QED) is 0.872. The first kappa shape index (κ1) is 18.5. The van der Waals surface area contributed by atoms with Crippen LogP contribution in [0.2, 0.25) is 0 Å². The molecule has 2 atom stereocenters. The highest BCUT2D eigenvalue weighted by Crippen LogP contribution is 2.32. The standard InChI is InChI=1S/C21H25FN2O2/c1-21(2,26)16-6-4-8-18(12-16)24-20(25)15-9-10-19(23-13-15)14-5-3-7-17(22)11-14/h3,5,7,9-11,13,16,18,26H,4,6,8,12H2,1-2H3,(H,24,25)/t16-,18+/m1/s1. The zero-order valence-corrected chi connectivity index (χ0v) is 15.2. The Morgan fingerprint density at radius 2 is 2.08 bits per heavy atom. The number of benzene rings is 1. The van der Waals surface area contributed by atoms with Crippen LogP contribution < -0.4 is 5.32 Å². The van der Waals surface area contributed by atoms with Crippen LogP contribution in [0.3, 0.4) is 0 Å². The Kier molecular flexibility index (Phi) is 5.37. The maximum Gasteiger partial charge on any atom is 0.253 e. The van der Waals surface area contributed by atoms with Crippen molar-refractivity contribution in [1.82, 2.24) is 10.3 Å². The zero-order valence-electron chi connectivity index (χ0n) is 15.2. The Morgan fingerprint density at radius 3 is 2.73 bits per heavy atom. The van der Waals surface area contributed by atoms with Crippen LogP contribution in [0.25, 0.3) is 11.3 Å². The van der Waals surface area contributed by atoms with E-state index < -0.39 is 5.60 Å². The smallest absolute Gasteiger partial charge is 0.253 e. The molecule has 1 aliphatic rings. The molecule has 1 aliphatic carbocycles. The largest absolute Gasteiger partial charge is 0.390 e. The Hall–Kier alpha value is -2.27. The lowest BCUT2D eigenvalue weighted by Gasteiger charge is -2.36. The molecule has 0 saturated heterocycles. The lowest BCUT2D eigenvalue weighted by molar-refractivity contribution is -0.00484. The molecular weight excluding hydrogens is 331 g/mol. The van der Waals surface area contributed by atoms with Crippen molar-refractivity contribution in [2.75, 3.05) is 0 Å². The Labute approximate surface area is 153 Å². The molecule has 0 bridgehead atoms. The van der Waals surface area contributed by atoms with Gasteiger partial charge in [0, 0.05) is 17.8 Å². The highest BCUT2D eigenvalue weighted by Gasteiger charge is 2.32. The summed E-state index contributed by atoms with van der Waals surface area (Å²) in [6.45, 7) is 3.66. The third-order valence-electron chi connectivity index (χ3n) is 5.15. The molecule has 0 unspecified atom stereocenters. The van der Waals surface area contributed by atoms with Crippen molar-refractivity contribution in [2.24, 2.45) is 5.92 Å². The van der Waals surface area contributed by atoms with Crippen molar-refractivity contribution in [3.05, 3.63) is 54.0 Å². The maximum absolute atomic E-state index is 13.3. The number of rotatable bonds is 4. The van der Waals surface area contributed by atoms with Gasteiger partial charge in [-0.1, -0.05) is 18.6 Å². The number of hydrogen-bond acceptors (Lipinski definition) is 3. The van der Waals surface area contributed by atoms with E-state index in [0.29, 0.717) is 16.8 Å². The lowest BCUT2D eigenvalue weighted by atomic mass is 9.77. The molecule has 2 N–H and O–H groups in total. The van der Waals surface area contributed by atoms with Gasteiger partial charge in [-0.05, 0) is 63.3 Å².